The molecule has 17 heavy (non-hydrogen) atoms. The van der Waals surface area contributed by atoms with E-state index in [9.17, 15) is 4.79 Å². The lowest BCUT2D eigenvalue weighted by Crippen LogP contribution is -2.46. The average molecular weight is 240 g/mol. The monoisotopic (exact) mass is 240 g/mol. The minimum absolute atomic E-state index is 0.0381. The third-order valence-electron chi connectivity index (χ3n) is 3.44. The van der Waals surface area contributed by atoms with Gasteiger partial charge in [-0.15, -0.1) is 0 Å². The van der Waals surface area contributed by atoms with E-state index in [0.717, 1.165) is 51.5 Å². The number of rotatable bonds is 7. The summed E-state index contributed by atoms with van der Waals surface area (Å²) in [6, 6.07) is 0.0381. The van der Waals surface area contributed by atoms with E-state index in [4.69, 9.17) is 4.74 Å². The lowest BCUT2D eigenvalue weighted by molar-refractivity contribution is -0.123. The molecular weight excluding hydrogens is 216 g/mol. The Morgan fingerprint density at radius 2 is 2.18 bits per heavy atom. The third kappa shape index (κ3) is 5.04. The average Bonchev–Trinajstić information content (AvgIpc) is 3.18. The van der Waals surface area contributed by atoms with Gasteiger partial charge in [0, 0.05) is 19.8 Å². The van der Waals surface area contributed by atoms with Crippen molar-refractivity contribution in [1.82, 2.24) is 10.6 Å². The zero-order chi connectivity index (χ0) is 11.9. The van der Waals surface area contributed by atoms with Gasteiger partial charge in [0.1, 0.15) is 0 Å². The number of nitrogens with one attached hydrogen (secondary N) is 2. The van der Waals surface area contributed by atoms with E-state index in [1.807, 2.05) is 0 Å². The van der Waals surface area contributed by atoms with E-state index in [-0.39, 0.29) is 11.9 Å². The van der Waals surface area contributed by atoms with Crippen LogP contribution in [0.2, 0.25) is 0 Å². The number of amides is 1. The van der Waals surface area contributed by atoms with Crippen LogP contribution < -0.4 is 10.6 Å². The molecule has 98 valence electrons. The van der Waals surface area contributed by atoms with Crippen LogP contribution in [0.5, 0.6) is 0 Å². The fourth-order valence-electron chi connectivity index (χ4n) is 2.12. The zero-order valence-electron chi connectivity index (χ0n) is 10.5. The quantitative estimate of drug-likeness (QED) is 0.654. The van der Waals surface area contributed by atoms with Gasteiger partial charge in [0.15, 0.2) is 0 Å². The first-order valence-electron chi connectivity index (χ1n) is 6.95. The molecule has 2 aliphatic rings. The molecule has 1 heterocycles. The Morgan fingerprint density at radius 1 is 1.29 bits per heavy atom. The minimum atomic E-state index is 0.0381. The van der Waals surface area contributed by atoms with Crippen LogP contribution in [0.1, 0.15) is 38.5 Å². The van der Waals surface area contributed by atoms with Gasteiger partial charge in [-0.1, -0.05) is 6.42 Å². The number of carbonyl (C=O) groups excluding carboxylic acids is 1. The van der Waals surface area contributed by atoms with Crippen molar-refractivity contribution >= 4 is 5.91 Å². The Kier molecular flexibility index (Phi) is 5.26. The van der Waals surface area contributed by atoms with E-state index < -0.39 is 0 Å². The van der Waals surface area contributed by atoms with E-state index in [2.05, 4.69) is 10.6 Å². The number of hydrogen-bond acceptors (Lipinski definition) is 3. The zero-order valence-corrected chi connectivity index (χ0v) is 10.5. The highest BCUT2D eigenvalue weighted by atomic mass is 16.5. The van der Waals surface area contributed by atoms with Crippen molar-refractivity contribution in [2.24, 2.45) is 5.92 Å². The minimum Gasteiger partial charge on any atom is -0.381 e. The highest BCUT2D eigenvalue weighted by Crippen LogP contribution is 2.28. The van der Waals surface area contributed by atoms with Crippen LogP contribution in [0.15, 0.2) is 0 Å². The van der Waals surface area contributed by atoms with E-state index in [1.165, 1.54) is 19.3 Å². The van der Waals surface area contributed by atoms with Crippen LogP contribution in [-0.4, -0.2) is 38.3 Å². The first kappa shape index (κ1) is 12.8. The number of carbonyl (C=O) groups is 1. The summed E-state index contributed by atoms with van der Waals surface area (Å²) in [7, 11) is 0. The second kappa shape index (κ2) is 6.97. The summed E-state index contributed by atoms with van der Waals surface area (Å²) in [4.78, 5) is 11.7. The standard InChI is InChI=1S/C13H24N2O2/c16-13(12-4-1-2-7-14-12)15-8-3-9-17-10-11-5-6-11/h11-12,14H,1-10H2,(H,15,16)/t12-/m1/s1. The van der Waals surface area contributed by atoms with E-state index in [1.54, 1.807) is 0 Å². The fraction of sp³-hybridized carbons (Fsp3) is 0.923. The summed E-state index contributed by atoms with van der Waals surface area (Å²) in [5.41, 5.74) is 0. The Hall–Kier alpha value is -0.610. The highest BCUT2D eigenvalue weighted by molar-refractivity contribution is 5.81. The number of hydrogen-bond donors (Lipinski definition) is 2. The molecule has 1 saturated carbocycles. The summed E-state index contributed by atoms with van der Waals surface area (Å²) >= 11 is 0. The Labute approximate surface area is 103 Å². The van der Waals surface area contributed by atoms with Crippen LogP contribution in [0.4, 0.5) is 0 Å². The summed E-state index contributed by atoms with van der Waals surface area (Å²) in [6.45, 7) is 3.40. The molecule has 0 bridgehead atoms. The molecule has 1 saturated heterocycles. The number of piperidine rings is 1. The van der Waals surface area contributed by atoms with Crippen LogP contribution in [-0.2, 0) is 9.53 Å². The first-order valence-corrected chi connectivity index (χ1v) is 6.95. The van der Waals surface area contributed by atoms with Crippen molar-refractivity contribution in [2.45, 2.75) is 44.6 Å². The van der Waals surface area contributed by atoms with Crippen LogP contribution in [0.3, 0.4) is 0 Å². The van der Waals surface area contributed by atoms with Gasteiger partial charge in [-0.3, -0.25) is 4.79 Å². The smallest absolute Gasteiger partial charge is 0.237 e. The molecule has 2 rings (SSSR count). The van der Waals surface area contributed by atoms with Gasteiger partial charge in [0.05, 0.1) is 6.04 Å². The Balaban J connectivity index is 1.44. The largest absolute Gasteiger partial charge is 0.381 e. The second-order valence-corrected chi connectivity index (χ2v) is 5.17. The molecular formula is C13H24N2O2. The molecule has 0 radical (unpaired) electrons. The molecule has 0 spiro atoms. The van der Waals surface area contributed by atoms with Crippen molar-refractivity contribution in [1.29, 1.82) is 0 Å². The van der Waals surface area contributed by atoms with Gasteiger partial charge < -0.3 is 15.4 Å². The number of ether oxygens (including phenoxy) is 1. The van der Waals surface area contributed by atoms with E-state index in [0.29, 0.717) is 0 Å². The van der Waals surface area contributed by atoms with Crippen molar-refractivity contribution in [2.75, 3.05) is 26.3 Å². The summed E-state index contributed by atoms with van der Waals surface area (Å²) in [5.74, 6) is 0.989. The maximum Gasteiger partial charge on any atom is 0.237 e. The van der Waals surface area contributed by atoms with Gasteiger partial charge in [-0.25, -0.2) is 0 Å². The molecule has 1 amide bonds. The molecule has 4 nitrogen and oxygen atoms in total. The molecule has 0 aromatic rings. The maximum atomic E-state index is 11.7. The molecule has 0 aromatic heterocycles. The van der Waals surface area contributed by atoms with Crippen LogP contribution in [0, 0.1) is 5.92 Å². The SMILES string of the molecule is O=C(NCCCOCC1CC1)[C@H]1CCCCN1. The molecule has 4 heteroatoms. The Bertz CT molecular complexity index is 236. The van der Waals surface area contributed by atoms with Gasteiger partial charge in [-0.2, -0.15) is 0 Å². The molecule has 2 N–H and O–H groups in total. The van der Waals surface area contributed by atoms with Gasteiger partial charge in [0.25, 0.3) is 0 Å². The Morgan fingerprint density at radius 3 is 2.88 bits per heavy atom. The van der Waals surface area contributed by atoms with Crippen LogP contribution >= 0.6 is 0 Å². The predicted molar refractivity (Wildman–Crippen MR) is 66.8 cm³/mol. The molecule has 1 aliphatic heterocycles. The second-order valence-electron chi connectivity index (χ2n) is 5.17. The maximum absolute atomic E-state index is 11.7. The summed E-state index contributed by atoms with van der Waals surface area (Å²) < 4.78 is 5.52. The van der Waals surface area contributed by atoms with Gasteiger partial charge in [0.2, 0.25) is 5.91 Å². The lowest BCUT2D eigenvalue weighted by Gasteiger charge is -2.22. The molecule has 0 unspecified atom stereocenters. The van der Waals surface area contributed by atoms with Crippen molar-refractivity contribution in [3.05, 3.63) is 0 Å². The van der Waals surface area contributed by atoms with Crippen molar-refractivity contribution in [3.8, 4) is 0 Å². The summed E-state index contributed by atoms with van der Waals surface area (Å²) in [6.07, 6.45) is 6.93. The predicted octanol–water partition coefficient (Wildman–Crippen LogP) is 1.06. The molecule has 0 aromatic carbocycles. The third-order valence-corrected chi connectivity index (χ3v) is 3.44. The fourth-order valence-corrected chi connectivity index (χ4v) is 2.12. The van der Waals surface area contributed by atoms with E-state index >= 15 is 0 Å². The molecule has 2 fully saturated rings. The highest BCUT2D eigenvalue weighted by Gasteiger charge is 2.21. The van der Waals surface area contributed by atoms with Crippen molar-refractivity contribution in [3.63, 3.8) is 0 Å². The van der Waals surface area contributed by atoms with Crippen molar-refractivity contribution < 1.29 is 9.53 Å². The first-order chi connectivity index (χ1) is 8.36. The normalized spacial score (nSPS) is 24.6. The van der Waals surface area contributed by atoms with Gasteiger partial charge in [-0.05, 0) is 44.6 Å². The molecule has 1 aliphatic carbocycles. The molecule has 1 atom stereocenters. The lowest BCUT2D eigenvalue weighted by atomic mass is 10.0. The summed E-state index contributed by atoms with van der Waals surface area (Å²) in [5, 5.41) is 6.23. The topological polar surface area (TPSA) is 50.4 Å². The van der Waals surface area contributed by atoms with Crippen LogP contribution in [0.25, 0.3) is 0 Å². The van der Waals surface area contributed by atoms with Gasteiger partial charge >= 0.3 is 0 Å².